The molecule has 0 saturated carbocycles. The number of hydrogen-bond acceptors (Lipinski definition) is 6. The maximum atomic E-state index is 13.3. The summed E-state index contributed by atoms with van der Waals surface area (Å²) in [5.41, 5.74) is -2.94. The molecule has 1 atom stereocenters. The van der Waals surface area contributed by atoms with Gasteiger partial charge in [0.25, 0.3) is 5.63 Å². The number of carbonyl (C=O) groups excluding carboxylic acids is 2. The van der Waals surface area contributed by atoms with E-state index in [2.05, 4.69) is 9.47 Å². The molecule has 150 valence electrons. The third-order valence-corrected chi connectivity index (χ3v) is 3.77. The van der Waals surface area contributed by atoms with Crippen molar-refractivity contribution in [3.8, 4) is 5.75 Å². The summed E-state index contributed by atoms with van der Waals surface area (Å²) in [5.74, 6) is -1.96. The number of carbonyl (C=O) groups is 2. The molecule has 0 aliphatic carbocycles. The van der Waals surface area contributed by atoms with E-state index in [1.54, 1.807) is 6.08 Å². The summed E-state index contributed by atoms with van der Waals surface area (Å²) in [6.07, 6.45) is 1.66. The Morgan fingerprint density at radius 2 is 1.68 bits per heavy atom. The Balaban J connectivity index is 2.44. The van der Waals surface area contributed by atoms with Gasteiger partial charge in [-0.3, -0.25) is 0 Å². The normalized spacial score (nSPS) is 15.1. The number of nitrogens with zero attached hydrogens (tertiary/aromatic N) is 1. The Morgan fingerprint density at radius 3 is 2.21 bits per heavy atom. The van der Waals surface area contributed by atoms with Crippen LogP contribution in [0, 0.1) is 0 Å². The van der Waals surface area contributed by atoms with E-state index in [-0.39, 0.29) is 17.0 Å². The topological polar surface area (TPSA) is 65.1 Å². The Labute approximate surface area is 163 Å². The fraction of sp³-hybridized carbons (Fsp3) is 0.222. The van der Waals surface area contributed by atoms with Crippen molar-refractivity contribution in [3.05, 3.63) is 60.0 Å². The van der Waals surface area contributed by atoms with Crippen LogP contribution in [-0.4, -0.2) is 37.9 Å². The van der Waals surface area contributed by atoms with Crippen LogP contribution in [0.4, 0.5) is 18.9 Å². The standard InChI is InChI=1S/C18H15ClF3NO5/c1-26-15(24)13-5-3-4-10-23(14(13)16(25)27-2)11-6-8-12(9-7-11)28-18(21,22)17(19)20/h3-10,17H,1-2H3. The van der Waals surface area contributed by atoms with E-state index >= 15 is 0 Å². The summed E-state index contributed by atoms with van der Waals surface area (Å²) in [5, 5.41) is 0. The zero-order chi connectivity index (χ0) is 20.9. The second-order valence-corrected chi connectivity index (χ2v) is 5.66. The molecule has 0 saturated heterocycles. The average Bonchev–Trinajstić information content (AvgIpc) is 2.90. The minimum atomic E-state index is -4.22. The van der Waals surface area contributed by atoms with Crippen molar-refractivity contribution >= 4 is 29.2 Å². The Morgan fingerprint density at radius 1 is 1.07 bits per heavy atom. The van der Waals surface area contributed by atoms with E-state index in [0.29, 0.717) is 5.69 Å². The SMILES string of the molecule is COC(=O)C1=C(C(=O)OC)N(c2ccc(OC(F)(F)C(F)Cl)cc2)C=CC=C1. The van der Waals surface area contributed by atoms with Crippen LogP contribution >= 0.6 is 11.6 Å². The summed E-state index contributed by atoms with van der Waals surface area (Å²) in [4.78, 5) is 25.6. The van der Waals surface area contributed by atoms with Crippen molar-refractivity contribution in [2.24, 2.45) is 0 Å². The lowest BCUT2D eigenvalue weighted by Gasteiger charge is -2.23. The molecular formula is C18H15ClF3NO5. The molecule has 1 aliphatic heterocycles. The fourth-order valence-corrected chi connectivity index (χ4v) is 2.29. The van der Waals surface area contributed by atoms with Gasteiger partial charge in [0, 0.05) is 11.9 Å². The van der Waals surface area contributed by atoms with E-state index in [9.17, 15) is 22.8 Å². The zero-order valence-electron chi connectivity index (χ0n) is 14.7. The van der Waals surface area contributed by atoms with Gasteiger partial charge < -0.3 is 19.1 Å². The van der Waals surface area contributed by atoms with Gasteiger partial charge >= 0.3 is 18.0 Å². The fourth-order valence-electron chi connectivity index (χ4n) is 2.24. The highest BCUT2D eigenvalue weighted by molar-refractivity contribution is 6.20. The first-order chi connectivity index (χ1) is 13.2. The highest BCUT2D eigenvalue weighted by atomic mass is 35.5. The molecule has 0 spiro atoms. The van der Waals surface area contributed by atoms with Crippen LogP contribution in [0.25, 0.3) is 0 Å². The number of halogens is 4. The van der Waals surface area contributed by atoms with Gasteiger partial charge in [0.15, 0.2) is 0 Å². The van der Waals surface area contributed by atoms with Crippen LogP contribution in [0.5, 0.6) is 5.75 Å². The minimum absolute atomic E-state index is 0.0754. The molecule has 1 unspecified atom stereocenters. The molecule has 0 aromatic heterocycles. The van der Waals surface area contributed by atoms with Gasteiger partial charge in [0.05, 0.1) is 19.8 Å². The van der Waals surface area contributed by atoms with Gasteiger partial charge in [-0.25, -0.2) is 14.0 Å². The summed E-state index contributed by atoms with van der Waals surface area (Å²) < 4.78 is 52.9. The molecule has 28 heavy (non-hydrogen) atoms. The number of allylic oxidation sites excluding steroid dienone is 2. The van der Waals surface area contributed by atoms with Gasteiger partial charge in [-0.2, -0.15) is 8.78 Å². The molecular weight excluding hydrogens is 403 g/mol. The van der Waals surface area contributed by atoms with Crippen LogP contribution in [0.3, 0.4) is 0 Å². The number of alkyl halides is 4. The number of esters is 2. The van der Waals surface area contributed by atoms with Crippen molar-refractivity contribution in [1.29, 1.82) is 0 Å². The maximum Gasteiger partial charge on any atom is 0.444 e. The van der Waals surface area contributed by atoms with Crippen LogP contribution in [0.1, 0.15) is 0 Å². The third kappa shape index (κ3) is 4.66. The molecule has 0 bridgehead atoms. The lowest BCUT2D eigenvalue weighted by atomic mass is 10.1. The van der Waals surface area contributed by atoms with Crippen LogP contribution in [-0.2, 0) is 19.1 Å². The van der Waals surface area contributed by atoms with Crippen LogP contribution in [0.2, 0.25) is 0 Å². The van der Waals surface area contributed by atoms with Gasteiger partial charge in [0.2, 0.25) is 0 Å². The Bertz CT molecular complexity index is 834. The molecule has 10 heteroatoms. The highest BCUT2D eigenvalue weighted by Crippen LogP contribution is 2.32. The summed E-state index contributed by atoms with van der Waals surface area (Å²) in [6.45, 7) is 0. The van der Waals surface area contributed by atoms with Crippen LogP contribution < -0.4 is 9.64 Å². The lowest BCUT2D eigenvalue weighted by Crippen LogP contribution is -2.32. The van der Waals surface area contributed by atoms with Gasteiger partial charge in [0.1, 0.15) is 11.4 Å². The number of ether oxygens (including phenoxy) is 3. The molecule has 0 fully saturated rings. The lowest BCUT2D eigenvalue weighted by molar-refractivity contribution is -0.199. The Kier molecular flexibility index (Phi) is 6.74. The third-order valence-electron chi connectivity index (χ3n) is 3.51. The first-order valence-corrected chi connectivity index (χ1v) is 8.15. The summed E-state index contributed by atoms with van der Waals surface area (Å²) in [7, 11) is 2.29. The highest BCUT2D eigenvalue weighted by Gasteiger charge is 2.42. The number of benzene rings is 1. The van der Waals surface area contributed by atoms with Gasteiger partial charge in [-0.05, 0) is 36.4 Å². The molecule has 2 rings (SSSR count). The largest absolute Gasteiger partial charge is 0.465 e. The average molecular weight is 418 g/mol. The number of anilines is 1. The maximum absolute atomic E-state index is 13.3. The minimum Gasteiger partial charge on any atom is -0.465 e. The first kappa shape index (κ1) is 21.4. The molecule has 1 heterocycles. The molecule has 1 aromatic carbocycles. The van der Waals surface area contributed by atoms with Crippen LogP contribution in [0.15, 0.2) is 60.0 Å². The predicted molar refractivity (Wildman–Crippen MR) is 94.6 cm³/mol. The van der Waals surface area contributed by atoms with Crippen molar-refractivity contribution < 1.29 is 37.0 Å². The smallest absolute Gasteiger partial charge is 0.444 e. The first-order valence-electron chi connectivity index (χ1n) is 7.71. The second-order valence-electron chi connectivity index (χ2n) is 5.27. The van der Waals surface area contributed by atoms with E-state index < -0.39 is 23.7 Å². The van der Waals surface area contributed by atoms with E-state index in [1.807, 2.05) is 0 Å². The molecule has 1 aromatic rings. The molecule has 1 aliphatic rings. The van der Waals surface area contributed by atoms with Gasteiger partial charge in [-0.1, -0.05) is 17.7 Å². The predicted octanol–water partition coefficient (Wildman–Crippen LogP) is 3.68. The van der Waals surface area contributed by atoms with Gasteiger partial charge in [-0.15, -0.1) is 0 Å². The van der Waals surface area contributed by atoms with E-state index in [1.165, 1.54) is 35.4 Å². The number of hydrogen-bond donors (Lipinski definition) is 0. The van der Waals surface area contributed by atoms with E-state index in [4.69, 9.17) is 16.3 Å². The zero-order valence-corrected chi connectivity index (χ0v) is 15.5. The second kappa shape index (κ2) is 8.83. The summed E-state index contributed by atoms with van der Waals surface area (Å²) in [6, 6.07) is 4.89. The molecule has 0 N–H and O–H groups in total. The van der Waals surface area contributed by atoms with Crippen molar-refractivity contribution in [2.75, 3.05) is 19.1 Å². The monoisotopic (exact) mass is 417 g/mol. The number of rotatable bonds is 6. The number of methoxy groups -OCH3 is 2. The van der Waals surface area contributed by atoms with Crippen molar-refractivity contribution in [2.45, 2.75) is 11.7 Å². The molecule has 0 radical (unpaired) electrons. The molecule has 6 nitrogen and oxygen atoms in total. The summed E-state index contributed by atoms with van der Waals surface area (Å²) >= 11 is 4.75. The quantitative estimate of drug-likeness (QED) is 0.519. The Hall–Kier alpha value is -2.94. The molecule has 0 amide bonds. The van der Waals surface area contributed by atoms with Crippen molar-refractivity contribution in [1.82, 2.24) is 0 Å². The van der Waals surface area contributed by atoms with Crippen molar-refractivity contribution in [3.63, 3.8) is 0 Å². The van der Waals surface area contributed by atoms with E-state index in [0.717, 1.165) is 26.4 Å².